The van der Waals surface area contributed by atoms with Gasteiger partial charge in [0.2, 0.25) is 11.6 Å². The molecule has 3 aromatic rings. The Bertz CT molecular complexity index is 929. The molecular weight excluding hydrogens is 401 g/mol. The van der Waals surface area contributed by atoms with Crippen LogP contribution in [0.5, 0.6) is 11.6 Å². The summed E-state index contributed by atoms with van der Waals surface area (Å²) >= 11 is 11.9. The first-order chi connectivity index (χ1) is 13.0. The molecule has 0 unspecified atom stereocenters. The van der Waals surface area contributed by atoms with Gasteiger partial charge in [0.15, 0.2) is 6.54 Å². The molecule has 2 heterocycles. The number of carboxylic acids is 1. The van der Waals surface area contributed by atoms with E-state index >= 15 is 0 Å². The van der Waals surface area contributed by atoms with Gasteiger partial charge in [0.1, 0.15) is 5.75 Å². The normalized spacial score (nSPS) is 10.7. The maximum atomic E-state index is 10.6. The third-order valence-corrected chi connectivity index (χ3v) is 3.68. The van der Waals surface area contributed by atoms with Crippen molar-refractivity contribution in [2.24, 2.45) is 0 Å². The second-order valence-electron chi connectivity index (χ2n) is 5.19. The average molecular weight is 414 g/mol. The summed E-state index contributed by atoms with van der Waals surface area (Å²) in [6, 6.07) is 6.46. The van der Waals surface area contributed by atoms with Crippen LogP contribution in [-0.4, -0.2) is 49.7 Å². The lowest BCUT2D eigenvalue weighted by Crippen LogP contribution is -2.11. The monoisotopic (exact) mass is 413 g/mol. The Labute approximate surface area is 162 Å². The summed E-state index contributed by atoms with van der Waals surface area (Å²) in [5.74, 6) is -0.0215. The summed E-state index contributed by atoms with van der Waals surface area (Å²) in [4.78, 5) is 11.5. The zero-order valence-corrected chi connectivity index (χ0v) is 15.2. The number of aromatic nitrogens is 5. The van der Waals surface area contributed by atoms with Crippen LogP contribution in [0.3, 0.4) is 0 Å². The van der Waals surface area contributed by atoms with Crippen molar-refractivity contribution in [3.05, 3.63) is 34.3 Å². The fourth-order valence-electron chi connectivity index (χ4n) is 1.97. The topological polar surface area (TPSA) is 125 Å². The van der Waals surface area contributed by atoms with Gasteiger partial charge in [-0.15, -0.1) is 10.2 Å². The number of hydrogen-bond donors (Lipinski definition) is 1. The Morgan fingerprint density at radius 2 is 2.04 bits per heavy atom. The van der Waals surface area contributed by atoms with Gasteiger partial charge in [-0.2, -0.15) is 4.80 Å². The van der Waals surface area contributed by atoms with E-state index in [2.05, 4.69) is 20.6 Å². The van der Waals surface area contributed by atoms with Crippen LogP contribution in [0.15, 0.2) is 28.8 Å². The van der Waals surface area contributed by atoms with Crippen molar-refractivity contribution in [3.8, 4) is 23.2 Å². The predicted molar refractivity (Wildman–Crippen MR) is 93.0 cm³/mol. The number of aliphatic carboxylic acids is 1. The van der Waals surface area contributed by atoms with E-state index in [4.69, 9.17) is 42.3 Å². The maximum absolute atomic E-state index is 10.6. The molecule has 0 fully saturated rings. The van der Waals surface area contributed by atoms with Gasteiger partial charge in [0.25, 0.3) is 5.88 Å². The number of carbonyl (C=O) groups is 1. The van der Waals surface area contributed by atoms with E-state index in [1.54, 1.807) is 18.2 Å². The van der Waals surface area contributed by atoms with Crippen LogP contribution in [0.1, 0.15) is 6.42 Å². The Morgan fingerprint density at radius 1 is 1.22 bits per heavy atom. The van der Waals surface area contributed by atoms with Gasteiger partial charge < -0.3 is 19.1 Å². The van der Waals surface area contributed by atoms with Gasteiger partial charge in [-0.1, -0.05) is 23.2 Å². The number of benzene rings is 1. The van der Waals surface area contributed by atoms with E-state index in [1.807, 2.05) is 0 Å². The first kappa shape index (κ1) is 18.9. The molecule has 0 radical (unpaired) electrons. The smallest absolute Gasteiger partial charge is 0.327 e. The van der Waals surface area contributed by atoms with Crippen LogP contribution in [0, 0.1) is 0 Å². The largest absolute Gasteiger partial charge is 0.492 e. The molecule has 0 aliphatic rings. The molecule has 27 heavy (non-hydrogen) atoms. The summed E-state index contributed by atoms with van der Waals surface area (Å²) in [6.45, 7) is 0.292. The van der Waals surface area contributed by atoms with E-state index in [0.717, 1.165) is 4.80 Å². The molecule has 2 aromatic heterocycles. The lowest BCUT2D eigenvalue weighted by atomic mass is 10.3. The van der Waals surface area contributed by atoms with E-state index in [0.29, 0.717) is 35.4 Å². The lowest BCUT2D eigenvalue weighted by Gasteiger charge is -2.08. The Kier molecular flexibility index (Phi) is 6.09. The molecule has 0 aliphatic heterocycles. The van der Waals surface area contributed by atoms with E-state index in [-0.39, 0.29) is 17.5 Å². The quantitative estimate of drug-likeness (QED) is 0.526. The molecule has 0 atom stereocenters. The van der Waals surface area contributed by atoms with Crippen molar-refractivity contribution in [2.45, 2.75) is 13.0 Å². The molecule has 1 N–H and O–H groups in total. The van der Waals surface area contributed by atoms with Gasteiger partial charge in [-0.05, 0) is 22.5 Å². The van der Waals surface area contributed by atoms with Crippen LogP contribution in [-0.2, 0) is 11.3 Å². The zero-order chi connectivity index (χ0) is 19.2. The van der Waals surface area contributed by atoms with Gasteiger partial charge in [-0.3, -0.25) is 4.79 Å². The van der Waals surface area contributed by atoms with Gasteiger partial charge in [0, 0.05) is 17.5 Å². The second-order valence-corrected chi connectivity index (χ2v) is 6.04. The maximum Gasteiger partial charge on any atom is 0.327 e. The van der Waals surface area contributed by atoms with Crippen molar-refractivity contribution < 1.29 is 23.9 Å². The molecule has 142 valence electrons. The van der Waals surface area contributed by atoms with E-state index in [1.165, 1.54) is 6.07 Å². The first-order valence-corrected chi connectivity index (χ1v) is 8.44. The molecule has 12 heteroatoms. The minimum Gasteiger partial charge on any atom is -0.492 e. The Morgan fingerprint density at radius 3 is 2.85 bits per heavy atom. The van der Waals surface area contributed by atoms with Crippen molar-refractivity contribution >= 4 is 29.2 Å². The summed E-state index contributed by atoms with van der Waals surface area (Å²) in [7, 11) is 0. The predicted octanol–water partition coefficient (Wildman–Crippen LogP) is 2.57. The second kappa shape index (κ2) is 8.69. The molecule has 0 spiro atoms. The molecule has 0 aliphatic carbocycles. The molecule has 3 rings (SSSR count). The van der Waals surface area contributed by atoms with Crippen LogP contribution < -0.4 is 9.47 Å². The fraction of sp³-hybridized carbons (Fsp3) is 0.267. The molecule has 1 aromatic carbocycles. The fourth-order valence-corrected chi connectivity index (χ4v) is 2.30. The van der Waals surface area contributed by atoms with Crippen LogP contribution in [0.2, 0.25) is 10.0 Å². The highest BCUT2D eigenvalue weighted by atomic mass is 35.5. The summed E-state index contributed by atoms with van der Waals surface area (Å²) in [6.07, 6.45) is 0.568. The van der Waals surface area contributed by atoms with Gasteiger partial charge >= 0.3 is 5.97 Å². The minimum atomic E-state index is -1.08. The van der Waals surface area contributed by atoms with Crippen LogP contribution in [0.25, 0.3) is 11.6 Å². The SMILES string of the molecule is O=C(O)Cn1nnc(-c2cc(OCCCOc3cc(Cl)ccc3Cl)no2)n1. The third kappa shape index (κ3) is 5.31. The van der Waals surface area contributed by atoms with Crippen molar-refractivity contribution in [2.75, 3.05) is 13.2 Å². The average Bonchev–Trinajstić information content (AvgIpc) is 3.26. The van der Waals surface area contributed by atoms with Crippen LogP contribution >= 0.6 is 23.2 Å². The molecule has 0 bridgehead atoms. The highest BCUT2D eigenvalue weighted by molar-refractivity contribution is 6.34. The van der Waals surface area contributed by atoms with Crippen molar-refractivity contribution in [3.63, 3.8) is 0 Å². The van der Waals surface area contributed by atoms with E-state index in [9.17, 15) is 4.79 Å². The number of ether oxygens (including phenoxy) is 2. The molecule has 0 amide bonds. The number of nitrogens with zero attached hydrogens (tertiary/aromatic N) is 5. The number of tetrazole rings is 1. The van der Waals surface area contributed by atoms with Crippen molar-refractivity contribution in [1.82, 2.24) is 25.4 Å². The summed E-state index contributed by atoms with van der Waals surface area (Å²) in [5, 5.41) is 24.6. The minimum absolute atomic E-state index is 0.109. The molecule has 10 nitrogen and oxygen atoms in total. The number of carboxylic acid groups (broad SMARTS) is 1. The number of halogens is 2. The summed E-state index contributed by atoms with van der Waals surface area (Å²) < 4.78 is 16.1. The highest BCUT2D eigenvalue weighted by Crippen LogP contribution is 2.27. The highest BCUT2D eigenvalue weighted by Gasteiger charge is 2.14. The number of hydrogen-bond acceptors (Lipinski definition) is 8. The van der Waals surface area contributed by atoms with Crippen LogP contribution in [0.4, 0.5) is 0 Å². The van der Waals surface area contributed by atoms with E-state index < -0.39 is 12.5 Å². The zero-order valence-electron chi connectivity index (χ0n) is 13.7. The summed E-state index contributed by atoms with van der Waals surface area (Å²) in [5.41, 5.74) is 0. The van der Waals surface area contributed by atoms with Gasteiger partial charge in [-0.25, -0.2) is 0 Å². The molecule has 0 saturated heterocycles. The first-order valence-electron chi connectivity index (χ1n) is 7.68. The van der Waals surface area contributed by atoms with Crippen molar-refractivity contribution in [1.29, 1.82) is 0 Å². The standard InChI is InChI=1S/C15H13Cl2N5O5/c16-9-2-3-10(17)11(6-9)25-4-1-5-26-13-7-12(27-20-13)15-18-21-22(19-15)8-14(23)24/h2-3,6-7H,1,4-5,8H2,(H,23,24). The molecule has 0 saturated carbocycles. The molecular formula is C15H13Cl2N5O5. The number of rotatable bonds is 9. The Hall–Kier alpha value is -2.85. The third-order valence-electron chi connectivity index (χ3n) is 3.13. The Balaban J connectivity index is 1.45. The van der Waals surface area contributed by atoms with Gasteiger partial charge in [0.05, 0.1) is 24.3 Å². The lowest BCUT2D eigenvalue weighted by molar-refractivity contribution is -0.138.